The molecule has 0 saturated carbocycles. The lowest BCUT2D eigenvalue weighted by atomic mass is 9.97. The lowest BCUT2D eigenvalue weighted by Gasteiger charge is -2.31. The fraction of sp³-hybridized carbons (Fsp3) is 0.385. The van der Waals surface area contributed by atoms with Crippen LogP contribution in [0.1, 0.15) is 22.2 Å². The number of hydrogen-bond donors (Lipinski definition) is 1. The molecule has 19 heavy (non-hydrogen) atoms. The number of β-amino-alcohol motifs (C(OH)–C–C–N with tert-alkyl or cyclic N) is 1. The zero-order chi connectivity index (χ0) is 13.2. The van der Waals surface area contributed by atoms with E-state index in [0.29, 0.717) is 18.3 Å². The normalized spacial score (nSPS) is 19.2. The van der Waals surface area contributed by atoms with E-state index >= 15 is 0 Å². The van der Waals surface area contributed by atoms with E-state index in [9.17, 15) is 5.11 Å². The number of hydrogen-bond acceptors (Lipinski definition) is 6. The molecular weight excluding hydrogens is 262 g/mol. The summed E-state index contributed by atoms with van der Waals surface area (Å²) in [5.41, 5.74) is 2.21. The molecule has 0 bridgehead atoms. The lowest BCUT2D eigenvalue weighted by Crippen LogP contribution is -2.33. The molecule has 0 fully saturated rings. The van der Waals surface area contributed by atoms with Crippen LogP contribution in [0.15, 0.2) is 24.3 Å². The molecule has 6 heteroatoms. The summed E-state index contributed by atoms with van der Waals surface area (Å²) < 4.78 is 5.04. The van der Waals surface area contributed by atoms with Gasteiger partial charge in [0.05, 0.1) is 19.8 Å². The summed E-state index contributed by atoms with van der Waals surface area (Å²) in [6, 6.07) is 8.02. The van der Waals surface area contributed by atoms with Gasteiger partial charge in [-0.1, -0.05) is 35.6 Å². The molecule has 5 nitrogen and oxygen atoms in total. The van der Waals surface area contributed by atoms with Gasteiger partial charge in [-0.25, -0.2) is 0 Å². The van der Waals surface area contributed by atoms with Crippen LogP contribution in [0.4, 0.5) is 0 Å². The molecule has 2 aromatic rings. The van der Waals surface area contributed by atoms with Crippen LogP contribution in [0.25, 0.3) is 0 Å². The Morgan fingerprint density at radius 2 is 2.26 bits per heavy atom. The molecule has 1 aliphatic rings. The van der Waals surface area contributed by atoms with Crippen LogP contribution in [-0.4, -0.2) is 33.9 Å². The highest BCUT2D eigenvalue weighted by atomic mass is 32.1. The van der Waals surface area contributed by atoms with Gasteiger partial charge in [-0.3, -0.25) is 4.90 Å². The van der Waals surface area contributed by atoms with Crippen molar-refractivity contribution in [3.8, 4) is 5.19 Å². The van der Waals surface area contributed by atoms with Gasteiger partial charge in [0, 0.05) is 13.1 Å². The van der Waals surface area contributed by atoms with Gasteiger partial charge in [-0.2, -0.15) is 0 Å². The highest BCUT2D eigenvalue weighted by molar-refractivity contribution is 7.13. The quantitative estimate of drug-likeness (QED) is 0.923. The van der Waals surface area contributed by atoms with E-state index in [2.05, 4.69) is 21.2 Å². The SMILES string of the molecule is COc1nnc(CN2Cc3ccccc3C(O)C2)s1. The standard InChI is InChI=1S/C13H15N3O2S/c1-18-13-15-14-12(19-13)8-16-6-9-4-2-3-5-10(9)11(17)7-16/h2-5,11,17H,6-8H2,1H3. The summed E-state index contributed by atoms with van der Waals surface area (Å²) in [5, 5.41) is 19.6. The van der Waals surface area contributed by atoms with Gasteiger partial charge in [0.25, 0.3) is 5.19 Å². The van der Waals surface area contributed by atoms with Crippen LogP contribution >= 0.6 is 11.3 Å². The molecule has 0 spiro atoms. The second kappa shape index (κ2) is 5.24. The molecule has 1 aromatic carbocycles. The Kier molecular flexibility index (Phi) is 3.46. The van der Waals surface area contributed by atoms with E-state index < -0.39 is 6.10 Å². The molecule has 2 heterocycles. The molecule has 1 atom stereocenters. The largest absolute Gasteiger partial charge is 0.472 e. The first-order chi connectivity index (χ1) is 9.26. The number of benzene rings is 1. The zero-order valence-electron chi connectivity index (χ0n) is 10.6. The molecule has 100 valence electrons. The number of aromatic nitrogens is 2. The van der Waals surface area contributed by atoms with Crippen LogP contribution in [0.5, 0.6) is 5.19 Å². The minimum absolute atomic E-state index is 0.431. The summed E-state index contributed by atoms with van der Waals surface area (Å²) in [6.07, 6.45) is -0.431. The van der Waals surface area contributed by atoms with E-state index in [1.165, 1.54) is 16.9 Å². The predicted octanol–water partition coefficient (Wildman–Crippen LogP) is 1.60. The second-order valence-corrected chi connectivity index (χ2v) is 5.57. The van der Waals surface area contributed by atoms with E-state index in [1.54, 1.807) is 7.11 Å². The van der Waals surface area contributed by atoms with Gasteiger partial charge in [-0.05, 0) is 11.1 Å². The van der Waals surface area contributed by atoms with Crippen LogP contribution < -0.4 is 4.74 Å². The van der Waals surface area contributed by atoms with Gasteiger partial charge in [0.2, 0.25) is 0 Å². The average molecular weight is 277 g/mol. The van der Waals surface area contributed by atoms with Crippen molar-refractivity contribution in [2.45, 2.75) is 19.2 Å². The van der Waals surface area contributed by atoms with Gasteiger partial charge >= 0.3 is 0 Å². The first-order valence-corrected chi connectivity index (χ1v) is 6.92. The van der Waals surface area contributed by atoms with Gasteiger partial charge in [0.1, 0.15) is 5.01 Å². The molecule has 1 unspecified atom stereocenters. The van der Waals surface area contributed by atoms with Crippen molar-refractivity contribution < 1.29 is 9.84 Å². The number of rotatable bonds is 3. The fourth-order valence-corrected chi connectivity index (χ4v) is 3.04. The fourth-order valence-electron chi connectivity index (χ4n) is 2.35. The molecule has 0 radical (unpaired) electrons. The van der Waals surface area contributed by atoms with Gasteiger partial charge < -0.3 is 9.84 Å². The molecule has 0 saturated heterocycles. The smallest absolute Gasteiger partial charge is 0.293 e. The Bertz CT molecular complexity index is 573. The third-order valence-corrected chi connectivity index (χ3v) is 4.09. The van der Waals surface area contributed by atoms with Crippen molar-refractivity contribution in [1.82, 2.24) is 15.1 Å². The zero-order valence-corrected chi connectivity index (χ0v) is 11.4. The molecular formula is C13H15N3O2S. The summed E-state index contributed by atoms with van der Waals surface area (Å²) in [6.45, 7) is 2.14. The minimum Gasteiger partial charge on any atom is -0.472 e. The van der Waals surface area contributed by atoms with E-state index in [-0.39, 0.29) is 0 Å². The summed E-state index contributed by atoms with van der Waals surface area (Å²) in [4.78, 5) is 2.17. The molecule has 0 amide bonds. The number of fused-ring (bicyclic) bond motifs is 1. The van der Waals surface area contributed by atoms with Gasteiger partial charge in [0.15, 0.2) is 0 Å². The number of methoxy groups -OCH3 is 1. The first kappa shape index (κ1) is 12.5. The van der Waals surface area contributed by atoms with E-state index in [0.717, 1.165) is 17.1 Å². The number of nitrogens with zero attached hydrogens (tertiary/aromatic N) is 3. The Labute approximate surface area is 115 Å². The maximum Gasteiger partial charge on any atom is 0.293 e. The number of aliphatic hydroxyl groups excluding tert-OH is 1. The molecule has 1 aromatic heterocycles. The number of aliphatic hydroxyl groups is 1. The second-order valence-electron chi connectivity index (χ2n) is 4.55. The van der Waals surface area contributed by atoms with Crippen LogP contribution in [0, 0.1) is 0 Å². The van der Waals surface area contributed by atoms with Crippen molar-refractivity contribution in [2.75, 3.05) is 13.7 Å². The van der Waals surface area contributed by atoms with Crippen LogP contribution in [0.2, 0.25) is 0 Å². The third-order valence-electron chi connectivity index (χ3n) is 3.22. The van der Waals surface area contributed by atoms with Crippen LogP contribution in [0.3, 0.4) is 0 Å². The van der Waals surface area contributed by atoms with E-state index in [1.807, 2.05) is 18.2 Å². The summed E-state index contributed by atoms with van der Waals surface area (Å²) in [7, 11) is 1.59. The Morgan fingerprint density at radius 3 is 3.05 bits per heavy atom. The van der Waals surface area contributed by atoms with Crippen molar-refractivity contribution in [1.29, 1.82) is 0 Å². The minimum atomic E-state index is -0.431. The summed E-state index contributed by atoms with van der Waals surface area (Å²) >= 11 is 1.44. The molecule has 0 aliphatic carbocycles. The molecule has 3 rings (SSSR count). The highest BCUT2D eigenvalue weighted by Crippen LogP contribution is 2.28. The summed E-state index contributed by atoms with van der Waals surface area (Å²) in [5.74, 6) is 0. The maximum atomic E-state index is 10.2. The Hall–Kier alpha value is -1.50. The van der Waals surface area contributed by atoms with Gasteiger partial charge in [-0.15, -0.1) is 10.2 Å². The highest BCUT2D eigenvalue weighted by Gasteiger charge is 2.24. The third kappa shape index (κ3) is 2.60. The first-order valence-electron chi connectivity index (χ1n) is 6.11. The van der Waals surface area contributed by atoms with Crippen molar-refractivity contribution in [2.24, 2.45) is 0 Å². The molecule has 1 N–H and O–H groups in total. The predicted molar refractivity (Wildman–Crippen MR) is 72.0 cm³/mol. The molecule has 1 aliphatic heterocycles. The number of ether oxygens (including phenoxy) is 1. The Balaban J connectivity index is 1.74. The monoisotopic (exact) mass is 277 g/mol. The van der Waals surface area contributed by atoms with Crippen LogP contribution in [-0.2, 0) is 13.1 Å². The van der Waals surface area contributed by atoms with Crippen molar-refractivity contribution in [3.63, 3.8) is 0 Å². The van der Waals surface area contributed by atoms with Crippen molar-refractivity contribution in [3.05, 3.63) is 40.4 Å². The average Bonchev–Trinajstić information content (AvgIpc) is 2.86. The topological polar surface area (TPSA) is 58.5 Å². The Morgan fingerprint density at radius 1 is 1.42 bits per heavy atom. The van der Waals surface area contributed by atoms with E-state index in [4.69, 9.17) is 4.74 Å². The maximum absolute atomic E-state index is 10.2. The van der Waals surface area contributed by atoms with Crippen molar-refractivity contribution >= 4 is 11.3 Å². The lowest BCUT2D eigenvalue weighted by molar-refractivity contribution is 0.0880.